The van der Waals surface area contributed by atoms with Gasteiger partial charge in [0, 0.05) is 20.1 Å². The van der Waals surface area contributed by atoms with Gasteiger partial charge >= 0.3 is 0 Å². The second kappa shape index (κ2) is 8.18. The van der Waals surface area contributed by atoms with Crippen molar-refractivity contribution in [1.82, 2.24) is 14.7 Å². The average Bonchev–Trinajstić information content (AvgIpc) is 2.90. The first-order valence-electron chi connectivity index (χ1n) is 8.27. The standard InChI is InChI=1S/C18H22F3N3O/c1-4-10-24(11-13-9-7-6-8-12(13)5-2)18(25)14-15(16(19)20)22-23(3)17(14)21/h6-9,16H,4-5,10-11H2,1-3H3. The topological polar surface area (TPSA) is 38.1 Å². The molecule has 0 N–H and O–H groups in total. The van der Waals surface area contributed by atoms with Crippen LogP contribution < -0.4 is 0 Å². The van der Waals surface area contributed by atoms with Crippen LogP contribution in [0.25, 0.3) is 0 Å². The molecule has 0 saturated heterocycles. The van der Waals surface area contributed by atoms with Crippen LogP contribution >= 0.6 is 0 Å². The SMILES string of the molecule is CCCN(Cc1ccccc1CC)C(=O)c1c(C(F)F)nn(C)c1F. The third kappa shape index (κ3) is 4.03. The largest absolute Gasteiger partial charge is 0.334 e. The summed E-state index contributed by atoms with van der Waals surface area (Å²) in [6, 6.07) is 7.61. The van der Waals surface area contributed by atoms with Crippen molar-refractivity contribution < 1.29 is 18.0 Å². The Morgan fingerprint density at radius 2 is 1.88 bits per heavy atom. The molecular weight excluding hydrogens is 331 g/mol. The lowest BCUT2D eigenvalue weighted by molar-refractivity contribution is 0.0725. The maximum absolute atomic E-state index is 14.2. The van der Waals surface area contributed by atoms with Gasteiger partial charge in [-0.3, -0.25) is 4.79 Å². The molecule has 2 rings (SSSR count). The minimum Gasteiger partial charge on any atom is -0.334 e. The molecule has 1 aromatic carbocycles. The first kappa shape index (κ1) is 19.0. The van der Waals surface area contributed by atoms with Gasteiger partial charge in [0.05, 0.1) is 0 Å². The van der Waals surface area contributed by atoms with Gasteiger partial charge < -0.3 is 4.90 Å². The predicted molar refractivity (Wildman–Crippen MR) is 89.0 cm³/mol. The Balaban J connectivity index is 2.39. The number of hydrogen-bond donors (Lipinski definition) is 0. The monoisotopic (exact) mass is 353 g/mol. The quantitative estimate of drug-likeness (QED) is 0.751. The van der Waals surface area contributed by atoms with Crippen molar-refractivity contribution in [1.29, 1.82) is 0 Å². The number of carbonyl (C=O) groups excluding carboxylic acids is 1. The third-order valence-corrected chi connectivity index (χ3v) is 4.07. The van der Waals surface area contributed by atoms with E-state index in [9.17, 15) is 18.0 Å². The fourth-order valence-corrected chi connectivity index (χ4v) is 2.82. The number of aryl methyl sites for hydroxylation is 2. The van der Waals surface area contributed by atoms with E-state index >= 15 is 0 Å². The number of rotatable bonds is 7. The molecule has 1 amide bonds. The number of hydrogen-bond acceptors (Lipinski definition) is 2. The summed E-state index contributed by atoms with van der Waals surface area (Å²) in [7, 11) is 1.20. The van der Waals surface area contributed by atoms with Gasteiger partial charge in [0.25, 0.3) is 12.3 Å². The van der Waals surface area contributed by atoms with E-state index in [1.54, 1.807) is 0 Å². The molecule has 0 spiro atoms. The molecule has 0 bridgehead atoms. The van der Waals surface area contributed by atoms with Gasteiger partial charge in [-0.25, -0.2) is 13.5 Å². The smallest absolute Gasteiger partial charge is 0.283 e. The molecule has 0 radical (unpaired) electrons. The lowest BCUT2D eigenvalue weighted by atomic mass is 10.0. The molecule has 0 saturated carbocycles. The Bertz CT molecular complexity index is 743. The van der Waals surface area contributed by atoms with Crippen LogP contribution in [-0.2, 0) is 20.0 Å². The van der Waals surface area contributed by atoms with Gasteiger partial charge in [0.15, 0.2) is 0 Å². The minimum atomic E-state index is -3.01. The van der Waals surface area contributed by atoms with Crippen molar-refractivity contribution >= 4 is 5.91 Å². The zero-order valence-electron chi connectivity index (χ0n) is 14.6. The van der Waals surface area contributed by atoms with Crippen LogP contribution in [0.4, 0.5) is 13.2 Å². The van der Waals surface area contributed by atoms with E-state index in [1.165, 1.54) is 11.9 Å². The Kier molecular flexibility index (Phi) is 6.22. The molecule has 0 aliphatic heterocycles. The number of amides is 1. The molecule has 2 aromatic rings. The number of benzene rings is 1. The number of nitrogens with zero attached hydrogens (tertiary/aromatic N) is 3. The van der Waals surface area contributed by atoms with Crippen molar-refractivity contribution in [2.75, 3.05) is 6.54 Å². The highest BCUT2D eigenvalue weighted by molar-refractivity contribution is 5.95. The third-order valence-electron chi connectivity index (χ3n) is 4.07. The van der Waals surface area contributed by atoms with Gasteiger partial charge in [-0.1, -0.05) is 38.1 Å². The van der Waals surface area contributed by atoms with Crippen LogP contribution in [0.15, 0.2) is 24.3 Å². The van der Waals surface area contributed by atoms with Crippen molar-refractivity contribution in [3.8, 4) is 0 Å². The van der Waals surface area contributed by atoms with E-state index in [1.807, 2.05) is 38.1 Å². The van der Waals surface area contributed by atoms with Crippen LogP contribution in [0.5, 0.6) is 0 Å². The highest BCUT2D eigenvalue weighted by Crippen LogP contribution is 2.26. The number of aromatic nitrogens is 2. The van der Waals surface area contributed by atoms with Crippen molar-refractivity contribution in [2.45, 2.75) is 39.7 Å². The van der Waals surface area contributed by atoms with Crippen LogP contribution in [0.2, 0.25) is 0 Å². The summed E-state index contributed by atoms with van der Waals surface area (Å²) >= 11 is 0. The first-order valence-corrected chi connectivity index (χ1v) is 8.27. The number of halogens is 3. The van der Waals surface area contributed by atoms with Crippen molar-refractivity contribution in [2.24, 2.45) is 7.05 Å². The van der Waals surface area contributed by atoms with E-state index in [-0.39, 0.29) is 6.54 Å². The molecule has 0 unspecified atom stereocenters. The molecule has 1 heterocycles. The molecule has 7 heteroatoms. The van der Waals surface area contributed by atoms with Crippen LogP contribution in [0.1, 0.15) is 53.9 Å². The Morgan fingerprint density at radius 3 is 2.44 bits per heavy atom. The Labute approximate surface area is 145 Å². The summed E-state index contributed by atoms with van der Waals surface area (Å²) in [5.41, 5.74) is 0.543. The van der Waals surface area contributed by atoms with E-state index in [2.05, 4.69) is 5.10 Å². The maximum Gasteiger partial charge on any atom is 0.283 e. The van der Waals surface area contributed by atoms with Crippen molar-refractivity contribution in [3.63, 3.8) is 0 Å². The molecular formula is C18H22F3N3O. The lowest BCUT2D eigenvalue weighted by Crippen LogP contribution is -2.32. The lowest BCUT2D eigenvalue weighted by Gasteiger charge is -2.23. The number of carbonyl (C=O) groups is 1. The summed E-state index contributed by atoms with van der Waals surface area (Å²) in [5.74, 6) is -1.79. The molecule has 0 fully saturated rings. The maximum atomic E-state index is 14.2. The normalized spacial score (nSPS) is 11.2. The van der Waals surface area contributed by atoms with E-state index in [0.717, 1.165) is 17.5 Å². The van der Waals surface area contributed by atoms with E-state index < -0.39 is 29.5 Å². The zero-order valence-corrected chi connectivity index (χ0v) is 14.6. The highest BCUT2D eigenvalue weighted by Gasteiger charge is 2.31. The summed E-state index contributed by atoms with van der Waals surface area (Å²) in [4.78, 5) is 14.2. The Hall–Kier alpha value is -2.31. The van der Waals surface area contributed by atoms with Gasteiger partial charge in [-0.2, -0.15) is 9.49 Å². The van der Waals surface area contributed by atoms with Crippen molar-refractivity contribution in [3.05, 3.63) is 52.6 Å². The summed E-state index contributed by atoms with van der Waals surface area (Å²) in [5, 5.41) is 3.46. The summed E-state index contributed by atoms with van der Waals surface area (Å²) in [6.07, 6.45) is -1.60. The highest BCUT2D eigenvalue weighted by atomic mass is 19.3. The number of alkyl halides is 2. The minimum absolute atomic E-state index is 0.244. The zero-order chi connectivity index (χ0) is 18.6. The van der Waals surface area contributed by atoms with Crippen LogP contribution in [0, 0.1) is 5.95 Å². The fraction of sp³-hybridized carbons (Fsp3) is 0.444. The fourth-order valence-electron chi connectivity index (χ4n) is 2.82. The Morgan fingerprint density at radius 1 is 1.24 bits per heavy atom. The average molecular weight is 353 g/mol. The van der Waals surface area contributed by atoms with Gasteiger partial charge in [-0.15, -0.1) is 0 Å². The van der Waals surface area contributed by atoms with Gasteiger partial charge in [-0.05, 0) is 24.0 Å². The molecule has 0 aliphatic rings. The molecule has 1 aromatic heterocycles. The van der Waals surface area contributed by atoms with E-state index in [0.29, 0.717) is 17.6 Å². The van der Waals surface area contributed by atoms with Crippen LogP contribution in [0.3, 0.4) is 0 Å². The van der Waals surface area contributed by atoms with Gasteiger partial charge in [0.2, 0.25) is 5.95 Å². The van der Waals surface area contributed by atoms with Crippen LogP contribution in [-0.4, -0.2) is 27.1 Å². The second-order valence-electron chi connectivity index (χ2n) is 5.82. The first-order chi connectivity index (χ1) is 11.9. The molecule has 136 valence electrons. The molecule has 25 heavy (non-hydrogen) atoms. The summed E-state index contributed by atoms with van der Waals surface area (Å²) < 4.78 is 41.2. The van der Waals surface area contributed by atoms with E-state index in [4.69, 9.17) is 0 Å². The molecule has 0 aliphatic carbocycles. The van der Waals surface area contributed by atoms with Gasteiger partial charge in [0.1, 0.15) is 11.3 Å². The predicted octanol–water partition coefficient (Wildman–Crippen LogP) is 4.11. The second-order valence-corrected chi connectivity index (χ2v) is 5.82. The molecule has 4 nitrogen and oxygen atoms in total. The summed E-state index contributed by atoms with van der Waals surface area (Å²) in [6.45, 7) is 4.46. The molecule has 0 atom stereocenters.